The zero-order valence-corrected chi connectivity index (χ0v) is 10.5. The molecule has 1 aromatic carbocycles. The molecule has 0 aliphatic rings. The second-order valence-corrected chi connectivity index (χ2v) is 4.11. The van der Waals surface area contributed by atoms with Gasteiger partial charge < -0.3 is 4.74 Å². The Bertz CT molecular complexity index is 301. The molecular weight excluding hydrogens is 203 g/mol. The van der Waals surface area contributed by atoms with Gasteiger partial charge in [-0.05, 0) is 55.9 Å². The molecule has 0 atom stereocenters. The first-order chi connectivity index (χ1) is 7.70. The number of alkyl halides is 1. The van der Waals surface area contributed by atoms with Crippen LogP contribution in [0.3, 0.4) is 0 Å². The van der Waals surface area contributed by atoms with Crippen LogP contribution >= 0.6 is 0 Å². The molecule has 0 saturated heterocycles. The van der Waals surface area contributed by atoms with Gasteiger partial charge in [-0.3, -0.25) is 4.39 Å². The van der Waals surface area contributed by atoms with Crippen LogP contribution in [0.2, 0.25) is 0 Å². The lowest BCUT2D eigenvalue weighted by Crippen LogP contribution is -2.00. The van der Waals surface area contributed by atoms with Crippen LogP contribution in [0.1, 0.15) is 36.5 Å². The fourth-order valence-electron chi connectivity index (χ4n) is 1.75. The maximum Gasteiger partial charge on any atom is 0.122 e. The van der Waals surface area contributed by atoms with E-state index in [2.05, 4.69) is 26.8 Å². The van der Waals surface area contributed by atoms with Crippen LogP contribution in [0.25, 0.3) is 0 Å². The quantitative estimate of drug-likeness (QED) is 0.709. The van der Waals surface area contributed by atoms with Crippen molar-refractivity contribution in [1.29, 1.82) is 0 Å². The molecule has 0 aliphatic carbocycles. The molecular formula is C14H21FO. The smallest absolute Gasteiger partial charge is 0.122 e. The van der Waals surface area contributed by atoms with Crippen molar-refractivity contribution in [1.82, 2.24) is 0 Å². The predicted octanol–water partition coefficient (Wildman–Crippen LogP) is 3.99. The molecule has 0 aromatic heterocycles. The van der Waals surface area contributed by atoms with E-state index in [-0.39, 0.29) is 6.67 Å². The lowest BCUT2D eigenvalue weighted by Gasteiger charge is -2.13. The molecule has 0 unspecified atom stereocenters. The molecule has 0 spiro atoms. The van der Waals surface area contributed by atoms with Crippen LogP contribution in [0.15, 0.2) is 12.1 Å². The number of aryl methyl sites for hydroxylation is 1. The third-order valence-electron chi connectivity index (χ3n) is 2.89. The van der Waals surface area contributed by atoms with Crippen LogP contribution in [0.5, 0.6) is 5.75 Å². The second kappa shape index (κ2) is 6.51. The maximum absolute atomic E-state index is 12.1. The molecule has 16 heavy (non-hydrogen) atoms. The summed E-state index contributed by atoms with van der Waals surface area (Å²) in [5.41, 5.74) is 3.66. The molecule has 0 bridgehead atoms. The Morgan fingerprint density at radius 3 is 2.56 bits per heavy atom. The van der Waals surface area contributed by atoms with Gasteiger partial charge in [0.1, 0.15) is 5.75 Å². The van der Waals surface area contributed by atoms with Crippen molar-refractivity contribution in [2.24, 2.45) is 0 Å². The molecule has 0 aliphatic heterocycles. The lowest BCUT2D eigenvalue weighted by molar-refractivity contribution is 0.315. The highest BCUT2D eigenvalue weighted by molar-refractivity contribution is 5.43. The fourth-order valence-corrected chi connectivity index (χ4v) is 1.75. The molecule has 90 valence electrons. The summed E-state index contributed by atoms with van der Waals surface area (Å²) in [4.78, 5) is 0. The maximum atomic E-state index is 12.1. The van der Waals surface area contributed by atoms with E-state index in [1.807, 2.05) is 6.07 Å². The lowest BCUT2D eigenvalue weighted by atomic mass is 9.99. The Kier molecular flexibility index (Phi) is 5.30. The van der Waals surface area contributed by atoms with Crippen molar-refractivity contribution in [3.8, 4) is 5.75 Å². The average Bonchev–Trinajstić information content (AvgIpc) is 2.30. The Morgan fingerprint density at radius 1 is 1.19 bits per heavy atom. The van der Waals surface area contributed by atoms with E-state index in [0.717, 1.165) is 25.2 Å². The molecule has 0 saturated carbocycles. The van der Waals surface area contributed by atoms with Crippen molar-refractivity contribution >= 4 is 0 Å². The van der Waals surface area contributed by atoms with Gasteiger partial charge in [-0.25, -0.2) is 0 Å². The van der Waals surface area contributed by atoms with Crippen LogP contribution in [-0.2, 0) is 6.42 Å². The zero-order chi connectivity index (χ0) is 12.0. The first kappa shape index (κ1) is 13.0. The third kappa shape index (κ3) is 3.22. The summed E-state index contributed by atoms with van der Waals surface area (Å²) < 4.78 is 17.8. The van der Waals surface area contributed by atoms with E-state index in [0.29, 0.717) is 6.42 Å². The number of halogens is 1. The number of benzene rings is 1. The number of ether oxygens (including phenoxy) is 1. The van der Waals surface area contributed by atoms with Crippen LogP contribution in [-0.4, -0.2) is 13.3 Å². The molecule has 0 heterocycles. The van der Waals surface area contributed by atoms with Gasteiger partial charge in [0.15, 0.2) is 0 Å². The first-order valence-corrected chi connectivity index (χ1v) is 5.98. The Morgan fingerprint density at radius 2 is 1.94 bits per heavy atom. The standard InChI is InChI=1S/C14H21FO/c1-4-10-16-14-8-7-13(6-5-9-15)11(2)12(14)3/h7-8H,4-6,9-10H2,1-3H3. The Hall–Kier alpha value is -1.05. The second-order valence-electron chi connectivity index (χ2n) is 4.11. The summed E-state index contributed by atoms with van der Waals surface area (Å²) in [6, 6.07) is 4.06. The van der Waals surface area contributed by atoms with Gasteiger partial charge in [0.05, 0.1) is 13.3 Å². The Balaban J connectivity index is 2.81. The van der Waals surface area contributed by atoms with Gasteiger partial charge in [0, 0.05) is 0 Å². The number of hydrogen-bond acceptors (Lipinski definition) is 1. The van der Waals surface area contributed by atoms with Gasteiger partial charge in [-0.15, -0.1) is 0 Å². The summed E-state index contributed by atoms with van der Waals surface area (Å²) in [6.07, 6.45) is 2.44. The normalized spacial score (nSPS) is 10.5. The molecule has 2 heteroatoms. The van der Waals surface area contributed by atoms with Crippen LogP contribution in [0, 0.1) is 13.8 Å². The van der Waals surface area contributed by atoms with Crippen LogP contribution < -0.4 is 4.74 Å². The molecule has 1 aromatic rings. The van der Waals surface area contributed by atoms with Gasteiger partial charge >= 0.3 is 0 Å². The van der Waals surface area contributed by atoms with E-state index in [1.54, 1.807) is 0 Å². The monoisotopic (exact) mass is 224 g/mol. The van der Waals surface area contributed by atoms with Gasteiger partial charge in [-0.2, -0.15) is 0 Å². The minimum atomic E-state index is -0.243. The predicted molar refractivity (Wildman–Crippen MR) is 66.0 cm³/mol. The molecule has 0 N–H and O–H groups in total. The molecule has 0 fully saturated rings. The number of rotatable bonds is 6. The van der Waals surface area contributed by atoms with E-state index in [4.69, 9.17) is 4.74 Å². The van der Waals surface area contributed by atoms with Gasteiger partial charge in [0.25, 0.3) is 0 Å². The van der Waals surface area contributed by atoms with Crippen LogP contribution in [0.4, 0.5) is 4.39 Å². The third-order valence-corrected chi connectivity index (χ3v) is 2.89. The minimum absolute atomic E-state index is 0.243. The highest BCUT2D eigenvalue weighted by atomic mass is 19.1. The van der Waals surface area contributed by atoms with E-state index in [1.165, 1.54) is 16.7 Å². The number of hydrogen-bond donors (Lipinski definition) is 0. The van der Waals surface area contributed by atoms with E-state index >= 15 is 0 Å². The highest BCUT2D eigenvalue weighted by Gasteiger charge is 2.06. The van der Waals surface area contributed by atoms with Gasteiger partial charge in [-0.1, -0.05) is 13.0 Å². The first-order valence-electron chi connectivity index (χ1n) is 5.98. The van der Waals surface area contributed by atoms with Crippen molar-refractivity contribution in [2.75, 3.05) is 13.3 Å². The molecule has 1 nitrogen and oxygen atoms in total. The molecule has 0 radical (unpaired) electrons. The van der Waals surface area contributed by atoms with Gasteiger partial charge in [0.2, 0.25) is 0 Å². The summed E-state index contributed by atoms with van der Waals surface area (Å²) in [6.45, 7) is 6.76. The summed E-state index contributed by atoms with van der Waals surface area (Å²) in [7, 11) is 0. The van der Waals surface area contributed by atoms with E-state index in [9.17, 15) is 4.39 Å². The van der Waals surface area contributed by atoms with Crippen molar-refractivity contribution < 1.29 is 9.13 Å². The largest absolute Gasteiger partial charge is 0.493 e. The Labute approximate surface area is 97.6 Å². The summed E-state index contributed by atoms with van der Waals surface area (Å²) in [5, 5.41) is 0. The van der Waals surface area contributed by atoms with Crippen molar-refractivity contribution in [3.05, 3.63) is 28.8 Å². The summed E-state index contributed by atoms with van der Waals surface area (Å²) in [5.74, 6) is 0.961. The van der Waals surface area contributed by atoms with Crippen molar-refractivity contribution in [2.45, 2.75) is 40.0 Å². The van der Waals surface area contributed by atoms with E-state index < -0.39 is 0 Å². The molecule has 0 amide bonds. The SMILES string of the molecule is CCCOc1ccc(CCCF)c(C)c1C. The minimum Gasteiger partial charge on any atom is -0.493 e. The van der Waals surface area contributed by atoms with Crippen molar-refractivity contribution in [3.63, 3.8) is 0 Å². The topological polar surface area (TPSA) is 9.23 Å². The highest BCUT2D eigenvalue weighted by Crippen LogP contribution is 2.25. The molecule has 1 rings (SSSR count). The zero-order valence-electron chi connectivity index (χ0n) is 10.5. The summed E-state index contributed by atoms with van der Waals surface area (Å²) >= 11 is 0. The average molecular weight is 224 g/mol. The fraction of sp³-hybridized carbons (Fsp3) is 0.571.